The SMILES string of the molecule is COc1ccc(SC[C@@H](O)COc2ccc(CC#N)cc2)cc1. The summed E-state index contributed by atoms with van der Waals surface area (Å²) in [4.78, 5) is 1.07. The Kier molecular flexibility index (Phi) is 6.79. The lowest BCUT2D eigenvalue weighted by molar-refractivity contribution is 0.126. The summed E-state index contributed by atoms with van der Waals surface area (Å²) in [6.07, 6.45) is -0.164. The summed E-state index contributed by atoms with van der Waals surface area (Å²) in [7, 11) is 1.64. The van der Waals surface area contributed by atoms with Crippen molar-refractivity contribution < 1.29 is 14.6 Å². The van der Waals surface area contributed by atoms with Crippen LogP contribution >= 0.6 is 11.8 Å². The van der Waals surface area contributed by atoms with E-state index in [-0.39, 0.29) is 6.61 Å². The van der Waals surface area contributed by atoms with Crippen LogP contribution in [-0.4, -0.2) is 30.7 Å². The molecule has 2 rings (SSSR count). The Bertz CT molecular complexity index is 635. The molecule has 0 fully saturated rings. The van der Waals surface area contributed by atoms with Crippen molar-refractivity contribution in [1.82, 2.24) is 0 Å². The van der Waals surface area contributed by atoms with E-state index >= 15 is 0 Å². The van der Waals surface area contributed by atoms with Gasteiger partial charge in [0.1, 0.15) is 18.1 Å². The highest BCUT2D eigenvalue weighted by Gasteiger charge is 2.07. The lowest BCUT2D eigenvalue weighted by Gasteiger charge is -2.12. The third kappa shape index (κ3) is 5.85. The summed E-state index contributed by atoms with van der Waals surface area (Å²) in [5.41, 5.74) is 0.954. The Balaban J connectivity index is 1.73. The highest BCUT2D eigenvalue weighted by molar-refractivity contribution is 7.99. The molecule has 5 heteroatoms. The minimum atomic E-state index is -0.555. The maximum absolute atomic E-state index is 10.00. The molecule has 0 unspecified atom stereocenters. The first kappa shape index (κ1) is 17.2. The number of benzene rings is 2. The molecule has 1 N–H and O–H groups in total. The molecule has 2 aromatic carbocycles. The quantitative estimate of drug-likeness (QED) is 0.753. The van der Waals surface area contributed by atoms with E-state index in [2.05, 4.69) is 6.07 Å². The van der Waals surface area contributed by atoms with Crippen LogP contribution in [-0.2, 0) is 6.42 Å². The van der Waals surface area contributed by atoms with Gasteiger partial charge in [-0.2, -0.15) is 5.26 Å². The fourth-order valence-electron chi connectivity index (χ4n) is 1.90. The van der Waals surface area contributed by atoms with Gasteiger partial charge in [0.05, 0.1) is 25.7 Å². The second kappa shape index (κ2) is 9.09. The minimum absolute atomic E-state index is 0.237. The first-order chi connectivity index (χ1) is 11.2. The number of thioether (sulfide) groups is 1. The lowest BCUT2D eigenvalue weighted by atomic mass is 10.2. The third-order valence-corrected chi connectivity index (χ3v) is 4.31. The maximum Gasteiger partial charge on any atom is 0.119 e. The molecule has 0 aromatic heterocycles. The maximum atomic E-state index is 10.00. The van der Waals surface area contributed by atoms with E-state index < -0.39 is 6.10 Å². The highest BCUT2D eigenvalue weighted by Crippen LogP contribution is 2.22. The van der Waals surface area contributed by atoms with Crippen molar-refractivity contribution in [2.75, 3.05) is 19.5 Å². The molecule has 23 heavy (non-hydrogen) atoms. The third-order valence-electron chi connectivity index (χ3n) is 3.15. The van der Waals surface area contributed by atoms with Crippen molar-refractivity contribution in [1.29, 1.82) is 5.26 Å². The molecule has 0 radical (unpaired) electrons. The number of hydrogen-bond acceptors (Lipinski definition) is 5. The van der Waals surface area contributed by atoms with Crippen molar-refractivity contribution >= 4 is 11.8 Å². The van der Waals surface area contributed by atoms with Gasteiger partial charge in [-0.05, 0) is 42.0 Å². The molecule has 120 valence electrons. The summed E-state index contributed by atoms with van der Waals surface area (Å²) in [6.45, 7) is 0.237. The van der Waals surface area contributed by atoms with E-state index in [9.17, 15) is 5.11 Å². The van der Waals surface area contributed by atoms with Gasteiger partial charge in [0.15, 0.2) is 0 Å². The summed E-state index contributed by atoms with van der Waals surface area (Å²) in [5.74, 6) is 2.07. The standard InChI is InChI=1S/C18H19NO3S/c1-21-16-6-8-18(9-7-16)23-13-15(20)12-22-17-4-2-14(3-5-17)10-11-19/h2-9,15,20H,10,12-13H2,1H3/t15-/m0/s1. The molecule has 1 atom stereocenters. The molecule has 0 heterocycles. The van der Waals surface area contributed by atoms with Crippen LogP contribution < -0.4 is 9.47 Å². The number of hydrogen-bond donors (Lipinski definition) is 1. The van der Waals surface area contributed by atoms with Crippen LogP contribution in [0.25, 0.3) is 0 Å². The van der Waals surface area contributed by atoms with E-state index in [0.717, 1.165) is 16.2 Å². The molecule has 0 aliphatic heterocycles. The van der Waals surface area contributed by atoms with Crippen LogP contribution in [0.15, 0.2) is 53.4 Å². The first-order valence-corrected chi connectivity index (χ1v) is 8.23. The summed E-state index contributed by atoms with van der Waals surface area (Å²) in [6, 6.07) is 17.2. The predicted octanol–water partition coefficient (Wildman–Crippen LogP) is 3.29. The van der Waals surface area contributed by atoms with Crippen molar-refractivity contribution in [3.63, 3.8) is 0 Å². The van der Waals surface area contributed by atoms with E-state index in [1.807, 2.05) is 48.5 Å². The summed E-state index contributed by atoms with van der Waals surface area (Å²) >= 11 is 1.57. The Morgan fingerprint density at radius 1 is 1.09 bits per heavy atom. The molecule has 0 spiro atoms. The Morgan fingerprint density at radius 2 is 1.74 bits per heavy atom. The van der Waals surface area contributed by atoms with Crippen molar-refractivity contribution in [2.45, 2.75) is 17.4 Å². The van der Waals surface area contributed by atoms with E-state index in [0.29, 0.717) is 17.9 Å². The van der Waals surface area contributed by atoms with Crippen molar-refractivity contribution in [3.8, 4) is 17.6 Å². The summed E-state index contributed by atoms with van der Waals surface area (Å²) in [5, 5.41) is 18.6. The number of ether oxygens (including phenoxy) is 2. The lowest BCUT2D eigenvalue weighted by Crippen LogP contribution is -2.20. The average molecular weight is 329 g/mol. The molecule has 4 nitrogen and oxygen atoms in total. The predicted molar refractivity (Wildman–Crippen MR) is 91.0 cm³/mol. The number of aliphatic hydroxyl groups excluding tert-OH is 1. The highest BCUT2D eigenvalue weighted by atomic mass is 32.2. The van der Waals surface area contributed by atoms with Gasteiger partial charge in [-0.1, -0.05) is 12.1 Å². The number of rotatable bonds is 8. The van der Waals surface area contributed by atoms with Crippen LogP contribution in [0.4, 0.5) is 0 Å². The second-order valence-electron chi connectivity index (χ2n) is 4.93. The van der Waals surface area contributed by atoms with Gasteiger partial charge < -0.3 is 14.6 Å². The smallest absolute Gasteiger partial charge is 0.119 e. The number of methoxy groups -OCH3 is 1. The van der Waals surface area contributed by atoms with Gasteiger partial charge >= 0.3 is 0 Å². The Morgan fingerprint density at radius 3 is 2.35 bits per heavy atom. The largest absolute Gasteiger partial charge is 0.497 e. The number of aliphatic hydroxyl groups is 1. The molecule has 2 aromatic rings. The minimum Gasteiger partial charge on any atom is -0.497 e. The molecule has 0 saturated carbocycles. The van der Waals surface area contributed by atoms with Gasteiger partial charge in [0, 0.05) is 10.6 Å². The molecule has 0 aliphatic carbocycles. The van der Waals surface area contributed by atoms with Crippen LogP contribution in [0, 0.1) is 11.3 Å². The zero-order chi connectivity index (χ0) is 16.5. The van der Waals surface area contributed by atoms with E-state index in [4.69, 9.17) is 14.7 Å². The molecular formula is C18H19NO3S. The van der Waals surface area contributed by atoms with Crippen molar-refractivity contribution in [3.05, 3.63) is 54.1 Å². The summed E-state index contributed by atoms with van der Waals surface area (Å²) < 4.78 is 10.7. The fraction of sp³-hybridized carbons (Fsp3) is 0.278. The molecule has 0 amide bonds. The number of nitrogens with zero attached hydrogens (tertiary/aromatic N) is 1. The fourth-order valence-corrected chi connectivity index (χ4v) is 2.71. The zero-order valence-corrected chi connectivity index (χ0v) is 13.8. The van der Waals surface area contributed by atoms with Gasteiger partial charge in [-0.15, -0.1) is 11.8 Å². The van der Waals surface area contributed by atoms with Gasteiger partial charge in [-0.25, -0.2) is 0 Å². The molecular weight excluding hydrogens is 310 g/mol. The monoisotopic (exact) mass is 329 g/mol. The first-order valence-electron chi connectivity index (χ1n) is 7.25. The number of nitriles is 1. The molecule has 0 saturated heterocycles. The second-order valence-corrected chi connectivity index (χ2v) is 6.02. The topological polar surface area (TPSA) is 62.5 Å². The van der Waals surface area contributed by atoms with Crippen LogP contribution in [0.2, 0.25) is 0 Å². The van der Waals surface area contributed by atoms with Crippen molar-refractivity contribution in [2.24, 2.45) is 0 Å². The van der Waals surface area contributed by atoms with E-state index in [1.165, 1.54) is 0 Å². The van der Waals surface area contributed by atoms with Crippen LogP contribution in [0.3, 0.4) is 0 Å². The zero-order valence-electron chi connectivity index (χ0n) is 12.9. The Hall–Kier alpha value is -2.16. The Labute approximate surface area is 140 Å². The van der Waals surface area contributed by atoms with Gasteiger partial charge in [-0.3, -0.25) is 0 Å². The molecule has 0 aliphatic rings. The molecule has 0 bridgehead atoms. The normalized spacial score (nSPS) is 11.5. The van der Waals surface area contributed by atoms with Crippen LogP contribution in [0.1, 0.15) is 5.56 Å². The van der Waals surface area contributed by atoms with E-state index in [1.54, 1.807) is 18.9 Å². The van der Waals surface area contributed by atoms with Gasteiger partial charge in [0.25, 0.3) is 0 Å². The average Bonchev–Trinajstić information content (AvgIpc) is 2.60. The van der Waals surface area contributed by atoms with Gasteiger partial charge in [0.2, 0.25) is 0 Å². The van der Waals surface area contributed by atoms with Crippen LogP contribution in [0.5, 0.6) is 11.5 Å².